The van der Waals surface area contributed by atoms with E-state index in [1.54, 1.807) is 36.5 Å². The molecule has 0 bridgehead atoms. The normalized spacial score (nSPS) is 14.1. The lowest BCUT2D eigenvalue weighted by Gasteiger charge is -2.25. The van der Waals surface area contributed by atoms with E-state index in [2.05, 4.69) is 0 Å². The van der Waals surface area contributed by atoms with E-state index in [4.69, 9.17) is 11.6 Å². The minimum atomic E-state index is -0.949. The predicted octanol–water partition coefficient (Wildman–Crippen LogP) is 3.99. The van der Waals surface area contributed by atoms with Gasteiger partial charge in [0.25, 0.3) is 0 Å². The first-order chi connectivity index (χ1) is 8.52. The quantitative estimate of drug-likeness (QED) is 0.919. The molecule has 2 aromatic rings. The van der Waals surface area contributed by atoms with Gasteiger partial charge >= 0.3 is 5.97 Å². The Morgan fingerprint density at radius 3 is 2.72 bits per heavy atom. The van der Waals surface area contributed by atoms with Crippen molar-refractivity contribution in [2.75, 3.05) is 0 Å². The summed E-state index contributed by atoms with van der Waals surface area (Å²) < 4.78 is 0. The van der Waals surface area contributed by atoms with Crippen LogP contribution in [-0.2, 0) is 16.6 Å². The Hall–Kier alpha value is -1.32. The molecule has 0 saturated carbocycles. The van der Waals surface area contributed by atoms with Crippen LogP contribution in [0.3, 0.4) is 0 Å². The first-order valence-corrected chi connectivity index (χ1v) is 6.80. The minimum Gasteiger partial charge on any atom is -0.481 e. The molecule has 1 atom stereocenters. The molecule has 0 aliphatic rings. The van der Waals surface area contributed by atoms with Crippen molar-refractivity contribution in [3.8, 4) is 0 Å². The highest BCUT2D eigenvalue weighted by atomic mass is 35.5. The Morgan fingerprint density at radius 1 is 1.39 bits per heavy atom. The third-order valence-corrected chi connectivity index (χ3v) is 4.15. The van der Waals surface area contributed by atoms with E-state index in [1.165, 1.54) is 0 Å². The first kappa shape index (κ1) is 13.1. The molecule has 1 heterocycles. The first-order valence-electron chi connectivity index (χ1n) is 5.54. The number of carboxylic acids is 1. The van der Waals surface area contributed by atoms with Crippen LogP contribution in [0.25, 0.3) is 0 Å². The van der Waals surface area contributed by atoms with Crippen LogP contribution < -0.4 is 0 Å². The maximum Gasteiger partial charge on any atom is 0.314 e. The van der Waals surface area contributed by atoms with Crippen molar-refractivity contribution in [1.29, 1.82) is 0 Å². The molecule has 4 heteroatoms. The fourth-order valence-corrected chi connectivity index (χ4v) is 2.95. The molecule has 0 radical (unpaired) electrons. The van der Waals surface area contributed by atoms with Crippen molar-refractivity contribution in [1.82, 2.24) is 0 Å². The van der Waals surface area contributed by atoms with E-state index < -0.39 is 11.4 Å². The summed E-state index contributed by atoms with van der Waals surface area (Å²) in [5.74, 6) is -0.835. The summed E-state index contributed by atoms with van der Waals surface area (Å²) >= 11 is 7.52. The van der Waals surface area contributed by atoms with E-state index in [0.29, 0.717) is 11.4 Å². The molecule has 0 fully saturated rings. The molecule has 1 aromatic heterocycles. The number of carboxylic acid groups (broad SMARTS) is 1. The van der Waals surface area contributed by atoms with Crippen LogP contribution >= 0.6 is 22.9 Å². The zero-order valence-corrected chi connectivity index (χ0v) is 11.5. The summed E-state index contributed by atoms with van der Waals surface area (Å²) in [7, 11) is 0. The van der Waals surface area contributed by atoms with Gasteiger partial charge in [-0.1, -0.05) is 29.8 Å². The number of hydrogen-bond acceptors (Lipinski definition) is 2. The summed E-state index contributed by atoms with van der Waals surface area (Å²) in [4.78, 5) is 12.7. The summed E-state index contributed by atoms with van der Waals surface area (Å²) in [5.41, 5.74) is -0.216. The molecule has 0 spiro atoms. The Bertz CT molecular complexity index is 551. The lowest BCUT2D eigenvalue weighted by molar-refractivity contribution is -0.143. The molecule has 1 unspecified atom stereocenters. The smallest absolute Gasteiger partial charge is 0.314 e. The number of rotatable bonds is 4. The SMILES string of the molecule is CC(Cc1cccs1)(C(=O)O)c1cccc(Cl)c1. The van der Waals surface area contributed by atoms with Crippen molar-refractivity contribution in [3.05, 3.63) is 57.2 Å². The largest absolute Gasteiger partial charge is 0.481 e. The molecule has 1 N–H and O–H groups in total. The average Bonchev–Trinajstić information content (AvgIpc) is 2.81. The number of benzene rings is 1. The molecule has 2 rings (SSSR count). The molecule has 0 aliphatic heterocycles. The highest BCUT2D eigenvalue weighted by Gasteiger charge is 2.35. The van der Waals surface area contributed by atoms with Gasteiger partial charge in [-0.25, -0.2) is 0 Å². The molecule has 18 heavy (non-hydrogen) atoms. The van der Waals surface area contributed by atoms with Crippen molar-refractivity contribution in [3.63, 3.8) is 0 Å². The summed E-state index contributed by atoms with van der Waals surface area (Å²) in [6.07, 6.45) is 0.473. The molecule has 0 amide bonds. The van der Waals surface area contributed by atoms with Gasteiger partial charge in [-0.3, -0.25) is 4.79 Å². The zero-order chi connectivity index (χ0) is 13.2. The van der Waals surface area contributed by atoms with E-state index in [-0.39, 0.29) is 0 Å². The van der Waals surface area contributed by atoms with E-state index >= 15 is 0 Å². The fourth-order valence-electron chi connectivity index (χ4n) is 1.89. The Labute approximate surface area is 115 Å². The van der Waals surface area contributed by atoms with Gasteiger partial charge in [0.15, 0.2) is 0 Å². The van der Waals surface area contributed by atoms with Crippen LogP contribution in [0.4, 0.5) is 0 Å². The number of hydrogen-bond donors (Lipinski definition) is 1. The number of carbonyl (C=O) groups is 1. The second-order valence-corrected chi connectivity index (χ2v) is 5.87. The van der Waals surface area contributed by atoms with Gasteiger partial charge in [0.2, 0.25) is 0 Å². The monoisotopic (exact) mass is 280 g/mol. The molecule has 0 aliphatic carbocycles. The van der Waals surface area contributed by atoms with Gasteiger partial charge < -0.3 is 5.11 Å². The Morgan fingerprint density at radius 2 is 2.17 bits per heavy atom. The standard InChI is InChI=1S/C14H13ClO2S/c1-14(13(16)17,9-12-6-3-7-18-12)10-4-2-5-11(15)8-10/h2-8H,9H2,1H3,(H,16,17). The summed E-state index contributed by atoms with van der Waals surface area (Å²) in [6.45, 7) is 1.74. The van der Waals surface area contributed by atoms with Crippen molar-refractivity contribution in [2.24, 2.45) is 0 Å². The van der Waals surface area contributed by atoms with Crippen LogP contribution in [0.2, 0.25) is 5.02 Å². The Balaban J connectivity index is 2.41. The third-order valence-electron chi connectivity index (χ3n) is 3.04. The van der Waals surface area contributed by atoms with Crippen LogP contribution in [0.1, 0.15) is 17.4 Å². The third kappa shape index (κ3) is 2.57. The second kappa shape index (κ2) is 5.12. The molecular weight excluding hydrogens is 268 g/mol. The van der Waals surface area contributed by atoms with Gasteiger partial charge in [-0.05, 0) is 36.1 Å². The van der Waals surface area contributed by atoms with Crippen molar-refractivity contribution in [2.45, 2.75) is 18.8 Å². The van der Waals surface area contributed by atoms with Crippen LogP contribution in [-0.4, -0.2) is 11.1 Å². The van der Waals surface area contributed by atoms with E-state index in [0.717, 1.165) is 10.4 Å². The van der Waals surface area contributed by atoms with Crippen molar-refractivity contribution < 1.29 is 9.90 Å². The fraction of sp³-hybridized carbons (Fsp3) is 0.214. The molecule has 0 saturated heterocycles. The van der Waals surface area contributed by atoms with E-state index in [1.807, 2.05) is 23.6 Å². The maximum absolute atomic E-state index is 11.6. The minimum absolute atomic E-state index is 0.473. The molecular formula is C14H13ClO2S. The molecule has 94 valence electrons. The molecule has 1 aromatic carbocycles. The van der Waals surface area contributed by atoms with Gasteiger partial charge in [0.1, 0.15) is 0 Å². The van der Waals surface area contributed by atoms with Crippen LogP contribution in [0.15, 0.2) is 41.8 Å². The molecule has 2 nitrogen and oxygen atoms in total. The highest BCUT2D eigenvalue weighted by Crippen LogP contribution is 2.31. The number of aliphatic carboxylic acids is 1. The topological polar surface area (TPSA) is 37.3 Å². The average molecular weight is 281 g/mol. The van der Waals surface area contributed by atoms with Crippen LogP contribution in [0.5, 0.6) is 0 Å². The lowest BCUT2D eigenvalue weighted by atomic mass is 9.79. The second-order valence-electron chi connectivity index (χ2n) is 4.40. The number of halogens is 1. The zero-order valence-electron chi connectivity index (χ0n) is 9.89. The van der Waals surface area contributed by atoms with Crippen LogP contribution in [0, 0.1) is 0 Å². The lowest BCUT2D eigenvalue weighted by Crippen LogP contribution is -2.34. The number of thiophene rings is 1. The highest BCUT2D eigenvalue weighted by molar-refractivity contribution is 7.09. The summed E-state index contributed by atoms with van der Waals surface area (Å²) in [6, 6.07) is 11.0. The predicted molar refractivity (Wildman–Crippen MR) is 74.5 cm³/mol. The summed E-state index contributed by atoms with van der Waals surface area (Å²) in [5, 5.41) is 12.1. The van der Waals surface area contributed by atoms with E-state index in [9.17, 15) is 9.90 Å². The van der Waals surface area contributed by atoms with Crippen molar-refractivity contribution >= 4 is 28.9 Å². The van der Waals surface area contributed by atoms with Gasteiger partial charge in [0.05, 0.1) is 5.41 Å². The maximum atomic E-state index is 11.6. The van der Waals surface area contributed by atoms with Gasteiger partial charge in [0, 0.05) is 16.3 Å². The van der Waals surface area contributed by atoms with Gasteiger partial charge in [-0.2, -0.15) is 0 Å². The Kier molecular flexibility index (Phi) is 3.73. The van der Waals surface area contributed by atoms with Gasteiger partial charge in [-0.15, -0.1) is 11.3 Å².